The molecule has 5 atom stereocenters. The Balaban J connectivity index is 1.68. The van der Waals surface area contributed by atoms with Crippen molar-refractivity contribution in [3.63, 3.8) is 0 Å². The van der Waals surface area contributed by atoms with Crippen molar-refractivity contribution in [1.29, 1.82) is 0 Å². The highest BCUT2D eigenvalue weighted by atomic mass is 127. The van der Waals surface area contributed by atoms with Gasteiger partial charge in [-0.25, -0.2) is 0 Å². The second kappa shape index (κ2) is 3.73. The van der Waals surface area contributed by atoms with Gasteiger partial charge in [0, 0.05) is 29.4 Å². The zero-order valence-electron chi connectivity index (χ0n) is 9.38. The largest absolute Gasteiger partial charge is 0.261 e. The Labute approximate surface area is 107 Å². The van der Waals surface area contributed by atoms with E-state index in [0.29, 0.717) is 5.41 Å². The van der Waals surface area contributed by atoms with E-state index in [0.717, 1.165) is 23.7 Å². The van der Waals surface area contributed by atoms with E-state index >= 15 is 0 Å². The lowest BCUT2D eigenvalue weighted by molar-refractivity contribution is 0.278. The Morgan fingerprint density at radius 2 is 2.00 bits per heavy atom. The molecule has 1 nitrogen and oxygen atoms in total. The molecular formula is C13H20IN. The first-order chi connectivity index (χ1) is 7.25. The van der Waals surface area contributed by atoms with E-state index in [4.69, 9.17) is 0 Å². The zero-order valence-corrected chi connectivity index (χ0v) is 11.5. The first-order valence-corrected chi connectivity index (χ1v) is 7.35. The normalized spacial score (nSPS) is 52.1. The monoisotopic (exact) mass is 317 g/mol. The van der Waals surface area contributed by atoms with Gasteiger partial charge < -0.3 is 0 Å². The van der Waals surface area contributed by atoms with Gasteiger partial charge in [-0.2, -0.15) is 0 Å². The molecule has 2 saturated carbocycles. The molecule has 2 fully saturated rings. The van der Waals surface area contributed by atoms with Crippen LogP contribution in [-0.4, -0.2) is 6.54 Å². The molecule has 1 N–H and O–H groups in total. The molecule has 0 aromatic carbocycles. The van der Waals surface area contributed by atoms with Crippen molar-refractivity contribution in [1.82, 2.24) is 3.53 Å². The van der Waals surface area contributed by atoms with Gasteiger partial charge in [0.2, 0.25) is 0 Å². The van der Waals surface area contributed by atoms with Crippen LogP contribution < -0.4 is 3.53 Å². The van der Waals surface area contributed by atoms with Gasteiger partial charge in [0.1, 0.15) is 0 Å². The third-order valence-corrected chi connectivity index (χ3v) is 5.79. The lowest BCUT2D eigenvalue weighted by Crippen LogP contribution is -2.22. The first-order valence-electron chi connectivity index (χ1n) is 6.27. The summed E-state index contributed by atoms with van der Waals surface area (Å²) in [6, 6.07) is 0. The van der Waals surface area contributed by atoms with Crippen LogP contribution in [0.15, 0.2) is 12.2 Å². The molecule has 0 radical (unpaired) electrons. The molecule has 3 aliphatic rings. The maximum atomic E-state index is 3.34. The van der Waals surface area contributed by atoms with Crippen LogP contribution in [0.25, 0.3) is 0 Å². The highest BCUT2D eigenvalue weighted by Crippen LogP contribution is 2.65. The summed E-state index contributed by atoms with van der Waals surface area (Å²) in [4.78, 5) is 0. The minimum atomic E-state index is 0.687. The smallest absolute Gasteiger partial charge is 0.0169 e. The van der Waals surface area contributed by atoms with E-state index < -0.39 is 0 Å². The lowest BCUT2D eigenvalue weighted by Gasteiger charge is -2.32. The van der Waals surface area contributed by atoms with Gasteiger partial charge in [-0.15, -0.1) is 0 Å². The number of rotatable bonds is 2. The highest BCUT2D eigenvalue weighted by Gasteiger charge is 2.60. The molecule has 3 aliphatic carbocycles. The van der Waals surface area contributed by atoms with Crippen LogP contribution in [0, 0.1) is 29.1 Å². The summed E-state index contributed by atoms with van der Waals surface area (Å²) in [5.74, 6) is 3.88. The quantitative estimate of drug-likeness (QED) is 0.466. The minimum Gasteiger partial charge on any atom is -0.261 e. The minimum absolute atomic E-state index is 0.687. The van der Waals surface area contributed by atoms with E-state index in [9.17, 15) is 0 Å². The maximum absolute atomic E-state index is 3.34. The second-order valence-corrected chi connectivity index (χ2v) is 6.65. The van der Waals surface area contributed by atoms with E-state index in [-0.39, 0.29) is 0 Å². The van der Waals surface area contributed by atoms with Gasteiger partial charge in [-0.05, 0) is 54.8 Å². The molecule has 84 valence electrons. The number of allylic oxidation sites excluding steroid dienone is 2. The van der Waals surface area contributed by atoms with Gasteiger partial charge in [0.05, 0.1) is 0 Å². The van der Waals surface area contributed by atoms with E-state index in [1.54, 1.807) is 0 Å². The van der Waals surface area contributed by atoms with Gasteiger partial charge in [0.15, 0.2) is 0 Å². The van der Waals surface area contributed by atoms with Crippen LogP contribution >= 0.6 is 22.9 Å². The summed E-state index contributed by atoms with van der Waals surface area (Å²) in [7, 11) is 0. The van der Waals surface area contributed by atoms with Crippen molar-refractivity contribution < 1.29 is 0 Å². The summed E-state index contributed by atoms with van der Waals surface area (Å²) in [6.45, 7) is 3.75. The molecule has 0 aromatic heterocycles. The SMILES string of the molecule is C[C@]12CC[C@H]3C=CC3CC[C@H]1C2CNI. The Morgan fingerprint density at radius 1 is 1.27 bits per heavy atom. The fraction of sp³-hybridized carbons (Fsp3) is 0.846. The molecule has 3 rings (SSSR count). The molecule has 15 heavy (non-hydrogen) atoms. The fourth-order valence-corrected chi connectivity index (χ4v) is 4.49. The van der Waals surface area contributed by atoms with E-state index in [1.165, 1.54) is 32.2 Å². The average molecular weight is 317 g/mol. The molecule has 2 heteroatoms. The van der Waals surface area contributed by atoms with Gasteiger partial charge in [0.25, 0.3) is 0 Å². The van der Waals surface area contributed by atoms with Crippen LogP contribution in [-0.2, 0) is 0 Å². The lowest BCUT2D eigenvalue weighted by atomic mass is 9.73. The van der Waals surface area contributed by atoms with Gasteiger partial charge in [-0.1, -0.05) is 19.1 Å². The van der Waals surface area contributed by atoms with Gasteiger partial charge >= 0.3 is 0 Å². The molecule has 0 aromatic rings. The third-order valence-electron chi connectivity index (χ3n) is 5.35. The number of nitrogens with one attached hydrogen (secondary N) is 1. The van der Waals surface area contributed by atoms with Crippen molar-refractivity contribution >= 4 is 22.9 Å². The van der Waals surface area contributed by atoms with E-state index in [2.05, 4.69) is 45.5 Å². The standard InChI is InChI=1S/C13H20IN/c1-13-7-6-10-3-2-9(10)4-5-11(13)12(13)8-15-14/h2-3,9-12,15H,4-8H2,1H3/t9?,10-,11+,12?,13+/m1/s1. The fourth-order valence-electron chi connectivity index (χ4n) is 4.02. The molecule has 2 unspecified atom stereocenters. The zero-order chi connectivity index (χ0) is 10.5. The molecule has 0 amide bonds. The van der Waals surface area contributed by atoms with Crippen molar-refractivity contribution in [3.8, 4) is 0 Å². The summed E-state index contributed by atoms with van der Waals surface area (Å²) in [6.07, 6.45) is 10.7. The van der Waals surface area contributed by atoms with Crippen LogP contribution in [0.3, 0.4) is 0 Å². The predicted molar refractivity (Wildman–Crippen MR) is 71.7 cm³/mol. The van der Waals surface area contributed by atoms with Crippen LogP contribution in [0.1, 0.15) is 32.6 Å². The first kappa shape index (κ1) is 10.6. The average Bonchev–Trinajstić information content (AvgIpc) is 2.70. The summed E-state index contributed by atoms with van der Waals surface area (Å²) in [5.41, 5.74) is 0.687. The van der Waals surface area contributed by atoms with Crippen LogP contribution in [0.2, 0.25) is 0 Å². The molecule has 0 spiro atoms. The van der Waals surface area contributed by atoms with Crippen LogP contribution in [0.4, 0.5) is 0 Å². The Bertz CT molecular complexity index is 288. The highest BCUT2D eigenvalue weighted by molar-refractivity contribution is 14.1. The molecule has 0 heterocycles. The van der Waals surface area contributed by atoms with E-state index in [1.807, 2.05) is 0 Å². The number of halogens is 1. The van der Waals surface area contributed by atoms with Crippen molar-refractivity contribution in [2.24, 2.45) is 29.1 Å². The maximum Gasteiger partial charge on any atom is 0.0169 e. The Hall–Kier alpha value is 0.430. The molecular weight excluding hydrogens is 297 g/mol. The molecule has 0 bridgehead atoms. The molecule has 0 saturated heterocycles. The Kier molecular flexibility index (Phi) is 2.63. The summed E-state index contributed by atoms with van der Waals surface area (Å²) >= 11 is 2.30. The van der Waals surface area contributed by atoms with Crippen LogP contribution in [0.5, 0.6) is 0 Å². The number of fused-ring (bicyclic) bond motifs is 2. The van der Waals surface area contributed by atoms with Crippen molar-refractivity contribution in [3.05, 3.63) is 12.2 Å². The third kappa shape index (κ3) is 1.59. The Morgan fingerprint density at radius 3 is 2.67 bits per heavy atom. The topological polar surface area (TPSA) is 12.0 Å². The second-order valence-electron chi connectivity index (χ2n) is 5.89. The van der Waals surface area contributed by atoms with Gasteiger partial charge in [-0.3, -0.25) is 3.53 Å². The predicted octanol–water partition coefficient (Wildman–Crippen LogP) is 3.55. The summed E-state index contributed by atoms with van der Waals surface area (Å²) in [5, 5.41) is 0. The molecule has 0 aliphatic heterocycles. The van der Waals surface area contributed by atoms with Crippen molar-refractivity contribution in [2.45, 2.75) is 32.6 Å². The summed E-state index contributed by atoms with van der Waals surface area (Å²) < 4.78 is 3.34. The number of hydrogen-bond donors (Lipinski definition) is 1. The number of hydrogen-bond acceptors (Lipinski definition) is 1. The van der Waals surface area contributed by atoms with Crippen molar-refractivity contribution in [2.75, 3.05) is 6.54 Å².